The van der Waals surface area contributed by atoms with E-state index in [-0.39, 0.29) is 0 Å². The van der Waals surface area contributed by atoms with Crippen LogP contribution in [0.5, 0.6) is 5.75 Å². The van der Waals surface area contributed by atoms with E-state index in [1.165, 1.54) is 0 Å². The fraction of sp³-hybridized carbons (Fsp3) is 0.571. The Balaban J connectivity index is 2.51. The topological polar surface area (TPSA) is 50.7 Å². The first-order valence-electron chi connectivity index (χ1n) is 6.46. The van der Waals surface area contributed by atoms with E-state index >= 15 is 0 Å². The fourth-order valence-corrected chi connectivity index (χ4v) is 1.87. The lowest BCUT2D eigenvalue weighted by molar-refractivity contribution is 0.104. The number of hydrogen-bond donors (Lipinski definition) is 2. The molecule has 19 heavy (non-hydrogen) atoms. The van der Waals surface area contributed by atoms with Crippen LogP contribution < -0.4 is 10.1 Å². The van der Waals surface area contributed by atoms with E-state index in [1.807, 2.05) is 25.1 Å². The van der Waals surface area contributed by atoms with Crippen molar-refractivity contribution in [3.8, 4) is 5.75 Å². The third-order valence-corrected chi connectivity index (χ3v) is 3.50. The molecule has 0 spiro atoms. The number of hydrogen-bond acceptors (Lipinski definition) is 4. The summed E-state index contributed by atoms with van der Waals surface area (Å²) < 4.78 is 11.6. The van der Waals surface area contributed by atoms with Crippen LogP contribution >= 0.6 is 15.9 Å². The van der Waals surface area contributed by atoms with Crippen molar-refractivity contribution in [2.45, 2.75) is 26.0 Å². The molecule has 0 saturated heterocycles. The van der Waals surface area contributed by atoms with Crippen LogP contribution in [-0.2, 0) is 11.3 Å². The molecule has 0 amide bonds. The molecule has 108 valence electrons. The summed E-state index contributed by atoms with van der Waals surface area (Å²) in [6.45, 7) is 4.51. The molecule has 0 saturated carbocycles. The SMILES string of the molecule is CCC(O)COc1ccc(Br)c(CNCCOC)c1. The highest BCUT2D eigenvalue weighted by atomic mass is 79.9. The minimum atomic E-state index is -0.410. The maximum atomic E-state index is 9.48. The van der Waals surface area contributed by atoms with Gasteiger partial charge in [-0.3, -0.25) is 0 Å². The number of methoxy groups -OCH3 is 1. The van der Waals surface area contributed by atoms with Crippen LogP contribution in [0, 0.1) is 0 Å². The molecule has 1 unspecified atom stereocenters. The minimum absolute atomic E-state index is 0.328. The van der Waals surface area contributed by atoms with Crippen molar-refractivity contribution in [2.24, 2.45) is 0 Å². The van der Waals surface area contributed by atoms with E-state index in [2.05, 4.69) is 21.2 Å². The van der Waals surface area contributed by atoms with Gasteiger partial charge in [-0.25, -0.2) is 0 Å². The van der Waals surface area contributed by atoms with Crippen molar-refractivity contribution in [2.75, 3.05) is 26.9 Å². The Bertz CT molecular complexity index is 374. The molecule has 0 heterocycles. The van der Waals surface area contributed by atoms with Crippen molar-refractivity contribution < 1.29 is 14.6 Å². The lowest BCUT2D eigenvalue weighted by Gasteiger charge is -2.12. The number of ether oxygens (including phenoxy) is 2. The van der Waals surface area contributed by atoms with Gasteiger partial charge in [0.25, 0.3) is 0 Å². The smallest absolute Gasteiger partial charge is 0.119 e. The number of rotatable bonds is 9. The van der Waals surface area contributed by atoms with Crippen molar-refractivity contribution in [3.05, 3.63) is 28.2 Å². The van der Waals surface area contributed by atoms with Crippen molar-refractivity contribution in [1.29, 1.82) is 0 Å². The summed E-state index contributed by atoms with van der Waals surface area (Å²) in [6, 6.07) is 5.83. The molecule has 0 aromatic heterocycles. The van der Waals surface area contributed by atoms with Crippen LogP contribution in [0.25, 0.3) is 0 Å². The highest BCUT2D eigenvalue weighted by Gasteiger charge is 2.05. The average Bonchev–Trinajstić information content (AvgIpc) is 2.43. The summed E-state index contributed by atoms with van der Waals surface area (Å²) in [6.07, 6.45) is 0.286. The fourth-order valence-electron chi connectivity index (χ4n) is 1.48. The maximum absolute atomic E-state index is 9.48. The largest absolute Gasteiger partial charge is 0.491 e. The van der Waals surface area contributed by atoms with Gasteiger partial charge in [0.15, 0.2) is 0 Å². The van der Waals surface area contributed by atoms with Gasteiger partial charge in [0.05, 0.1) is 12.7 Å². The van der Waals surface area contributed by atoms with Crippen LogP contribution in [0.4, 0.5) is 0 Å². The predicted octanol–water partition coefficient (Wildman–Crippen LogP) is 2.33. The monoisotopic (exact) mass is 331 g/mol. The minimum Gasteiger partial charge on any atom is -0.491 e. The van der Waals surface area contributed by atoms with Gasteiger partial charge >= 0.3 is 0 Å². The van der Waals surface area contributed by atoms with E-state index in [4.69, 9.17) is 9.47 Å². The van der Waals surface area contributed by atoms with Crippen molar-refractivity contribution in [1.82, 2.24) is 5.32 Å². The molecule has 2 N–H and O–H groups in total. The number of nitrogens with one attached hydrogen (secondary N) is 1. The van der Waals surface area contributed by atoms with E-state index in [9.17, 15) is 5.11 Å². The van der Waals surface area contributed by atoms with Gasteiger partial charge in [0.2, 0.25) is 0 Å². The molecule has 1 aromatic rings. The molecule has 4 nitrogen and oxygen atoms in total. The van der Waals surface area contributed by atoms with Crippen molar-refractivity contribution in [3.63, 3.8) is 0 Å². The summed E-state index contributed by atoms with van der Waals surface area (Å²) in [5, 5.41) is 12.8. The van der Waals surface area contributed by atoms with E-state index < -0.39 is 6.10 Å². The first kappa shape index (κ1) is 16.4. The van der Waals surface area contributed by atoms with E-state index in [0.717, 1.165) is 28.9 Å². The highest BCUT2D eigenvalue weighted by molar-refractivity contribution is 9.10. The summed E-state index contributed by atoms with van der Waals surface area (Å²) in [7, 11) is 1.69. The molecular formula is C14H22BrNO3. The lowest BCUT2D eigenvalue weighted by atomic mass is 10.2. The molecule has 1 rings (SSSR count). The maximum Gasteiger partial charge on any atom is 0.119 e. The average molecular weight is 332 g/mol. The first-order chi connectivity index (χ1) is 9.17. The Labute approximate surface area is 123 Å². The quantitative estimate of drug-likeness (QED) is 0.682. The zero-order chi connectivity index (χ0) is 14.1. The van der Waals surface area contributed by atoms with Crippen molar-refractivity contribution >= 4 is 15.9 Å². The second kappa shape index (κ2) is 9.31. The van der Waals surface area contributed by atoms with E-state index in [0.29, 0.717) is 19.6 Å². The van der Waals surface area contributed by atoms with Gasteiger partial charge in [0.1, 0.15) is 12.4 Å². The van der Waals surface area contributed by atoms with Gasteiger partial charge in [0, 0.05) is 24.7 Å². The molecule has 1 atom stereocenters. The van der Waals surface area contributed by atoms with Crippen LogP contribution in [-0.4, -0.2) is 38.1 Å². The molecule has 0 radical (unpaired) electrons. The Hall–Kier alpha value is -0.620. The highest BCUT2D eigenvalue weighted by Crippen LogP contribution is 2.22. The first-order valence-corrected chi connectivity index (χ1v) is 7.25. The normalized spacial score (nSPS) is 12.4. The zero-order valence-corrected chi connectivity index (χ0v) is 13.1. The van der Waals surface area contributed by atoms with Gasteiger partial charge in [-0.1, -0.05) is 22.9 Å². The van der Waals surface area contributed by atoms with Crippen LogP contribution in [0.1, 0.15) is 18.9 Å². The Morgan fingerprint density at radius 1 is 1.42 bits per heavy atom. The third-order valence-electron chi connectivity index (χ3n) is 2.73. The lowest BCUT2D eigenvalue weighted by Crippen LogP contribution is -2.19. The second-order valence-electron chi connectivity index (χ2n) is 4.30. The third kappa shape index (κ3) is 6.38. The molecular weight excluding hydrogens is 310 g/mol. The van der Waals surface area contributed by atoms with E-state index in [1.54, 1.807) is 7.11 Å². The molecule has 0 aliphatic carbocycles. The van der Waals surface area contributed by atoms with Gasteiger partial charge in [-0.15, -0.1) is 0 Å². The number of halogens is 1. The summed E-state index contributed by atoms with van der Waals surface area (Å²) >= 11 is 3.52. The Kier molecular flexibility index (Phi) is 8.05. The number of aliphatic hydroxyl groups excluding tert-OH is 1. The van der Waals surface area contributed by atoms with Crippen LogP contribution in [0.2, 0.25) is 0 Å². The molecule has 0 bridgehead atoms. The molecule has 0 fully saturated rings. The number of aliphatic hydroxyl groups is 1. The van der Waals surface area contributed by atoms with Crippen LogP contribution in [0.15, 0.2) is 22.7 Å². The van der Waals surface area contributed by atoms with Crippen LogP contribution in [0.3, 0.4) is 0 Å². The standard InChI is InChI=1S/C14H22BrNO3/c1-3-12(17)10-19-13-4-5-14(15)11(8-13)9-16-6-7-18-2/h4-5,8,12,16-17H,3,6-7,9-10H2,1-2H3. The number of benzene rings is 1. The summed E-state index contributed by atoms with van der Waals surface area (Å²) in [4.78, 5) is 0. The molecule has 1 aromatic carbocycles. The summed E-state index contributed by atoms with van der Waals surface area (Å²) in [5.74, 6) is 0.777. The summed E-state index contributed by atoms with van der Waals surface area (Å²) in [5.41, 5.74) is 1.12. The molecule has 0 aliphatic heterocycles. The van der Waals surface area contributed by atoms with Gasteiger partial charge < -0.3 is 19.9 Å². The predicted molar refractivity (Wildman–Crippen MR) is 79.5 cm³/mol. The Morgan fingerprint density at radius 3 is 2.89 bits per heavy atom. The second-order valence-corrected chi connectivity index (χ2v) is 5.15. The van der Waals surface area contributed by atoms with Gasteiger partial charge in [-0.2, -0.15) is 0 Å². The van der Waals surface area contributed by atoms with Gasteiger partial charge in [-0.05, 0) is 30.2 Å². The zero-order valence-electron chi connectivity index (χ0n) is 11.5. The molecule has 0 aliphatic rings. The molecule has 5 heteroatoms. The Morgan fingerprint density at radius 2 is 2.21 bits per heavy atom.